The fourth-order valence-electron chi connectivity index (χ4n) is 7.23. The summed E-state index contributed by atoms with van der Waals surface area (Å²) in [4.78, 5) is 20.3. The van der Waals surface area contributed by atoms with Gasteiger partial charge in [-0.2, -0.15) is 0 Å². The fourth-order valence-corrected chi connectivity index (χ4v) is 7.23. The van der Waals surface area contributed by atoms with Crippen molar-refractivity contribution in [3.05, 3.63) is 48.7 Å². The van der Waals surface area contributed by atoms with Gasteiger partial charge in [0.05, 0.1) is 18.7 Å². The number of rotatable bonds is 9. The predicted molar refractivity (Wildman–Crippen MR) is 150 cm³/mol. The van der Waals surface area contributed by atoms with Gasteiger partial charge in [-0.05, 0) is 91.6 Å². The first-order valence-electron chi connectivity index (χ1n) is 14.5. The molecule has 0 radical (unpaired) electrons. The molecule has 0 spiro atoms. The van der Waals surface area contributed by atoms with E-state index in [2.05, 4.69) is 43.3 Å². The van der Waals surface area contributed by atoms with Crippen molar-refractivity contribution in [1.82, 2.24) is 9.88 Å². The number of carbonyl (C=O) groups is 1. The molecule has 1 aliphatic carbocycles. The van der Waals surface area contributed by atoms with Gasteiger partial charge >= 0.3 is 5.97 Å². The molecule has 0 N–H and O–H groups in total. The van der Waals surface area contributed by atoms with Crippen LogP contribution in [0, 0.1) is 29.6 Å². The summed E-state index contributed by atoms with van der Waals surface area (Å²) < 4.78 is 18.2. The molecular formula is C32H44N2O4. The van der Waals surface area contributed by atoms with Crippen LogP contribution < -0.4 is 4.74 Å². The number of ether oxygens (including phenoxy) is 3. The van der Waals surface area contributed by atoms with Crippen LogP contribution in [0.25, 0.3) is 10.9 Å². The first-order chi connectivity index (χ1) is 18.4. The van der Waals surface area contributed by atoms with Crippen LogP contribution in [-0.4, -0.2) is 54.8 Å². The Hall–Kier alpha value is -2.44. The number of carbonyl (C=O) groups excluding carboxylic acids is 1. The van der Waals surface area contributed by atoms with Crippen molar-refractivity contribution in [3.63, 3.8) is 0 Å². The third kappa shape index (κ3) is 5.62. The smallest absolute Gasteiger partial charge is 0.332 e. The largest absolute Gasteiger partial charge is 0.497 e. The molecule has 206 valence electrons. The molecule has 4 fully saturated rings. The van der Waals surface area contributed by atoms with Crippen LogP contribution in [0.1, 0.15) is 64.5 Å². The Bertz CT molecular complexity index is 1130. The molecule has 4 heterocycles. The summed E-state index contributed by atoms with van der Waals surface area (Å²) in [6, 6.07) is 8.19. The molecule has 3 saturated heterocycles. The third-order valence-electron chi connectivity index (χ3n) is 9.42. The zero-order valence-corrected chi connectivity index (χ0v) is 23.5. The molecule has 6 nitrogen and oxygen atoms in total. The highest BCUT2D eigenvalue weighted by Gasteiger charge is 2.43. The molecule has 2 bridgehead atoms. The highest BCUT2D eigenvalue weighted by molar-refractivity contribution is 5.84. The van der Waals surface area contributed by atoms with Crippen LogP contribution in [-0.2, 0) is 14.3 Å². The maximum absolute atomic E-state index is 13.2. The van der Waals surface area contributed by atoms with E-state index in [-0.39, 0.29) is 30.8 Å². The number of esters is 1. The number of nitrogens with zero attached hydrogens (tertiary/aromatic N) is 2. The summed E-state index contributed by atoms with van der Waals surface area (Å²) in [6.45, 7) is 12.8. The Balaban J connectivity index is 1.39. The molecule has 8 atom stereocenters. The third-order valence-corrected chi connectivity index (χ3v) is 9.42. The summed E-state index contributed by atoms with van der Waals surface area (Å²) in [7, 11) is 1.68. The van der Waals surface area contributed by atoms with Crippen LogP contribution in [0.2, 0.25) is 0 Å². The number of benzene rings is 1. The van der Waals surface area contributed by atoms with E-state index in [4.69, 9.17) is 14.2 Å². The molecule has 2 aromatic rings. The van der Waals surface area contributed by atoms with Gasteiger partial charge in [-0.25, -0.2) is 4.79 Å². The zero-order valence-electron chi connectivity index (χ0n) is 23.5. The Morgan fingerprint density at radius 1 is 1.21 bits per heavy atom. The van der Waals surface area contributed by atoms with Gasteiger partial charge in [0.1, 0.15) is 18.5 Å². The van der Waals surface area contributed by atoms with E-state index in [1.165, 1.54) is 12.8 Å². The summed E-state index contributed by atoms with van der Waals surface area (Å²) in [6.07, 6.45) is 9.15. The Kier molecular flexibility index (Phi) is 8.39. The second kappa shape index (κ2) is 11.7. The Morgan fingerprint density at radius 3 is 2.76 bits per heavy atom. The lowest BCUT2D eigenvalue weighted by atomic mass is 9.73. The molecule has 6 heteroatoms. The van der Waals surface area contributed by atoms with Crippen molar-refractivity contribution in [2.24, 2.45) is 29.6 Å². The van der Waals surface area contributed by atoms with Gasteiger partial charge in [-0.15, -0.1) is 6.58 Å². The SMILES string of the molecule is C=C[C@@H]1CN2CCC1C[C@@H]2[C@@H](OCC(=O)O[C@@H]1C[C@@H](C)CC[C@@H]1C(C)C)c1ccnc2ccc(OC)cc12. The lowest BCUT2D eigenvalue weighted by molar-refractivity contribution is -0.166. The summed E-state index contributed by atoms with van der Waals surface area (Å²) >= 11 is 0. The van der Waals surface area contributed by atoms with Crippen molar-refractivity contribution in [1.29, 1.82) is 0 Å². The van der Waals surface area contributed by atoms with E-state index < -0.39 is 0 Å². The van der Waals surface area contributed by atoms with Crippen LogP contribution in [0.4, 0.5) is 0 Å². The zero-order chi connectivity index (χ0) is 26.8. The normalized spacial score (nSPS) is 31.8. The summed E-state index contributed by atoms with van der Waals surface area (Å²) in [5, 5.41) is 1.01. The lowest BCUT2D eigenvalue weighted by Crippen LogP contribution is -2.55. The van der Waals surface area contributed by atoms with Crippen molar-refractivity contribution in [2.45, 2.75) is 71.1 Å². The quantitative estimate of drug-likeness (QED) is 0.290. The monoisotopic (exact) mass is 520 g/mol. The molecular weight excluding hydrogens is 476 g/mol. The maximum atomic E-state index is 13.2. The molecule has 3 aliphatic heterocycles. The standard InChI is InChI=1S/C32H44N2O4/c1-6-22-18-34-14-12-23(22)16-29(34)32(26-11-13-33-28-10-8-24(36-5)17-27(26)28)37-19-31(35)38-30-15-21(4)7-9-25(30)20(2)3/h6,8,10-11,13,17,20-23,25,29-30,32H,1,7,9,12,14-16,18-19H2,2-5H3/t21-,22+,23?,25+,29+,30+,32-/m0/s1. The van der Waals surface area contributed by atoms with Gasteiger partial charge in [0.2, 0.25) is 0 Å². The second-order valence-corrected chi connectivity index (χ2v) is 12.1. The molecule has 1 aromatic carbocycles. The van der Waals surface area contributed by atoms with Crippen molar-refractivity contribution >= 4 is 16.9 Å². The highest BCUT2D eigenvalue weighted by Crippen LogP contribution is 2.44. The number of pyridine rings is 1. The first kappa shape index (κ1) is 27.1. The van der Waals surface area contributed by atoms with Crippen molar-refractivity contribution in [3.8, 4) is 5.75 Å². The van der Waals surface area contributed by atoms with E-state index in [9.17, 15) is 4.79 Å². The van der Waals surface area contributed by atoms with Crippen molar-refractivity contribution in [2.75, 3.05) is 26.8 Å². The summed E-state index contributed by atoms with van der Waals surface area (Å²) in [5.41, 5.74) is 1.95. The number of piperidine rings is 3. The molecule has 1 aromatic heterocycles. The van der Waals surface area contributed by atoms with E-state index in [0.717, 1.165) is 54.6 Å². The number of aromatic nitrogens is 1. The van der Waals surface area contributed by atoms with Crippen LogP contribution in [0.15, 0.2) is 43.1 Å². The van der Waals surface area contributed by atoms with Gasteiger partial charge in [-0.3, -0.25) is 9.88 Å². The summed E-state index contributed by atoms with van der Waals surface area (Å²) in [5.74, 6) is 3.14. The first-order valence-corrected chi connectivity index (χ1v) is 14.5. The molecule has 2 unspecified atom stereocenters. The topological polar surface area (TPSA) is 60.9 Å². The second-order valence-electron chi connectivity index (χ2n) is 12.1. The highest BCUT2D eigenvalue weighted by atomic mass is 16.6. The van der Waals surface area contributed by atoms with Gasteiger partial charge in [0.25, 0.3) is 0 Å². The number of hydrogen-bond acceptors (Lipinski definition) is 6. The van der Waals surface area contributed by atoms with Crippen LogP contribution in [0.3, 0.4) is 0 Å². The van der Waals surface area contributed by atoms with Gasteiger partial charge in [0.15, 0.2) is 0 Å². The van der Waals surface area contributed by atoms with Crippen molar-refractivity contribution < 1.29 is 19.0 Å². The maximum Gasteiger partial charge on any atom is 0.332 e. The minimum Gasteiger partial charge on any atom is -0.497 e. The Labute approximate surface area is 227 Å². The van der Waals surface area contributed by atoms with E-state index in [0.29, 0.717) is 29.6 Å². The van der Waals surface area contributed by atoms with Gasteiger partial charge in [-0.1, -0.05) is 33.3 Å². The molecule has 0 amide bonds. The van der Waals surface area contributed by atoms with Crippen LogP contribution in [0.5, 0.6) is 5.75 Å². The number of methoxy groups -OCH3 is 1. The molecule has 38 heavy (non-hydrogen) atoms. The van der Waals surface area contributed by atoms with E-state index in [1.807, 2.05) is 30.5 Å². The molecule has 4 aliphatic rings. The lowest BCUT2D eigenvalue weighted by Gasteiger charge is -2.51. The average molecular weight is 521 g/mol. The van der Waals surface area contributed by atoms with Gasteiger partial charge < -0.3 is 14.2 Å². The number of fused-ring (bicyclic) bond motifs is 4. The van der Waals surface area contributed by atoms with Gasteiger partial charge in [0, 0.05) is 24.2 Å². The molecule has 6 rings (SSSR count). The Morgan fingerprint density at radius 2 is 2.05 bits per heavy atom. The predicted octanol–water partition coefficient (Wildman–Crippen LogP) is 6.20. The average Bonchev–Trinajstić information content (AvgIpc) is 2.93. The minimum absolute atomic E-state index is 0.0258. The van der Waals surface area contributed by atoms with E-state index in [1.54, 1.807) is 7.11 Å². The van der Waals surface area contributed by atoms with E-state index >= 15 is 0 Å². The minimum atomic E-state index is -0.264. The fraction of sp³-hybridized carbons (Fsp3) is 0.625. The molecule has 1 saturated carbocycles. The number of hydrogen-bond donors (Lipinski definition) is 0. The van der Waals surface area contributed by atoms with Crippen LogP contribution >= 0.6 is 0 Å².